The number of carbonyl (C=O) groups excluding carboxylic acids is 1. The van der Waals surface area contributed by atoms with Gasteiger partial charge < -0.3 is 14.2 Å². The average Bonchev–Trinajstić information content (AvgIpc) is 2.49. The Kier molecular flexibility index (Phi) is 5.99. The van der Waals surface area contributed by atoms with Gasteiger partial charge in [0.25, 0.3) is 0 Å². The summed E-state index contributed by atoms with van der Waals surface area (Å²) >= 11 is 3.43. The fourth-order valence-electron chi connectivity index (χ4n) is 1.93. The van der Waals surface area contributed by atoms with Crippen LogP contribution in [0.3, 0.4) is 0 Å². The van der Waals surface area contributed by atoms with E-state index in [1.54, 1.807) is 20.8 Å². The minimum absolute atomic E-state index is 0.0792. The lowest BCUT2D eigenvalue weighted by Gasteiger charge is -2.18. The SMILES string of the molecule is CCc1nc(OCCOC(=O)OC(C)(C)C)c2cc(Br)ccc2n1. The molecule has 0 aliphatic rings. The number of benzene rings is 1. The van der Waals surface area contributed by atoms with Crippen molar-refractivity contribution in [1.29, 1.82) is 0 Å². The predicted molar refractivity (Wildman–Crippen MR) is 94.3 cm³/mol. The molecule has 24 heavy (non-hydrogen) atoms. The van der Waals surface area contributed by atoms with E-state index in [2.05, 4.69) is 25.9 Å². The highest BCUT2D eigenvalue weighted by molar-refractivity contribution is 9.10. The van der Waals surface area contributed by atoms with E-state index in [4.69, 9.17) is 14.2 Å². The fraction of sp³-hybridized carbons (Fsp3) is 0.471. The molecule has 0 N–H and O–H groups in total. The van der Waals surface area contributed by atoms with E-state index in [1.807, 2.05) is 25.1 Å². The van der Waals surface area contributed by atoms with Crippen LogP contribution in [0.5, 0.6) is 5.88 Å². The molecule has 0 aliphatic carbocycles. The van der Waals surface area contributed by atoms with Crippen LogP contribution in [0.2, 0.25) is 0 Å². The Bertz CT molecular complexity index is 728. The van der Waals surface area contributed by atoms with Gasteiger partial charge in [0.2, 0.25) is 5.88 Å². The monoisotopic (exact) mass is 396 g/mol. The fourth-order valence-corrected chi connectivity index (χ4v) is 2.29. The van der Waals surface area contributed by atoms with Crippen LogP contribution in [-0.4, -0.2) is 34.9 Å². The normalized spacial score (nSPS) is 11.4. The Balaban J connectivity index is 2.02. The van der Waals surface area contributed by atoms with Crippen molar-refractivity contribution in [2.75, 3.05) is 13.2 Å². The second kappa shape index (κ2) is 7.79. The zero-order valence-corrected chi connectivity index (χ0v) is 15.8. The third-order valence-corrected chi connectivity index (χ3v) is 3.41. The third-order valence-electron chi connectivity index (χ3n) is 2.92. The number of aromatic nitrogens is 2. The van der Waals surface area contributed by atoms with Crippen molar-refractivity contribution in [2.45, 2.75) is 39.7 Å². The van der Waals surface area contributed by atoms with E-state index in [-0.39, 0.29) is 13.2 Å². The molecular formula is C17H21BrN2O4. The quantitative estimate of drug-likeness (QED) is 0.554. The summed E-state index contributed by atoms with van der Waals surface area (Å²) in [5, 5.41) is 0.804. The predicted octanol–water partition coefficient (Wildman–Crippen LogP) is 4.29. The molecule has 7 heteroatoms. The second-order valence-electron chi connectivity index (χ2n) is 6.12. The van der Waals surface area contributed by atoms with Gasteiger partial charge in [0.1, 0.15) is 24.6 Å². The molecule has 0 atom stereocenters. The van der Waals surface area contributed by atoms with E-state index in [1.165, 1.54) is 0 Å². The van der Waals surface area contributed by atoms with Gasteiger partial charge in [0.05, 0.1) is 10.9 Å². The first-order valence-electron chi connectivity index (χ1n) is 7.73. The highest BCUT2D eigenvalue weighted by atomic mass is 79.9. The molecule has 1 aromatic heterocycles. The molecule has 130 valence electrons. The number of hydrogen-bond acceptors (Lipinski definition) is 6. The second-order valence-corrected chi connectivity index (χ2v) is 7.04. The zero-order chi connectivity index (χ0) is 17.7. The number of carbonyl (C=O) groups is 1. The molecule has 1 aromatic carbocycles. The molecule has 0 radical (unpaired) electrons. The van der Waals surface area contributed by atoms with E-state index in [0.717, 1.165) is 15.4 Å². The molecule has 6 nitrogen and oxygen atoms in total. The van der Waals surface area contributed by atoms with Crippen LogP contribution in [0.15, 0.2) is 22.7 Å². The van der Waals surface area contributed by atoms with Crippen LogP contribution < -0.4 is 4.74 Å². The number of ether oxygens (including phenoxy) is 3. The van der Waals surface area contributed by atoms with Gasteiger partial charge in [-0.3, -0.25) is 0 Å². The first-order valence-corrected chi connectivity index (χ1v) is 8.52. The van der Waals surface area contributed by atoms with Gasteiger partial charge in [-0.15, -0.1) is 0 Å². The van der Waals surface area contributed by atoms with Crippen molar-refractivity contribution in [1.82, 2.24) is 9.97 Å². The summed E-state index contributed by atoms with van der Waals surface area (Å²) in [6.07, 6.45) is -0.00724. The Hall–Kier alpha value is -1.89. The van der Waals surface area contributed by atoms with Gasteiger partial charge in [0.15, 0.2) is 0 Å². The standard InChI is InChI=1S/C17H21BrN2O4/c1-5-14-19-13-7-6-11(18)10-12(13)15(20-14)22-8-9-23-16(21)24-17(2,3)4/h6-7,10H,5,8-9H2,1-4H3. The lowest BCUT2D eigenvalue weighted by molar-refractivity contribution is -0.0115. The van der Waals surface area contributed by atoms with Gasteiger partial charge in [0, 0.05) is 10.9 Å². The van der Waals surface area contributed by atoms with Crippen LogP contribution in [0.1, 0.15) is 33.5 Å². The maximum absolute atomic E-state index is 11.5. The number of hydrogen-bond donors (Lipinski definition) is 0. The van der Waals surface area contributed by atoms with E-state index in [9.17, 15) is 4.79 Å². The summed E-state index contributed by atoms with van der Waals surface area (Å²) in [5.74, 6) is 1.18. The summed E-state index contributed by atoms with van der Waals surface area (Å²) in [5.41, 5.74) is 0.233. The molecule has 0 fully saturated rings. The summed E-state index contributed by atoms with van der Waals surface area (Å²) < 4.78 is 16.7. The van der Waals surface area contributed by atoms with Crippen molar-refractivity contribution >= 4 is 33.0 Å². The highest BCUT2D eigenvalue weighted by Gasteiger charge is 2.17. The molecule has 0 unspecified atom stereocenters. The summed E-state index contributed by atoms with van der Waals surface area (Å²) in [7, 11) is 0. The largest absolute Gasteiger partial charge is 0.508 e. The number of fused-ring (bicyclic) bond motifs is 1. The molecule has 0 amide bonds. The van der Waals surface area contributed by atoms with Crippen molar-refractivity contribution < 1.29 is 19.0 Å². The molecule has 2 rings (SSSR count). The summed E-state index contributed by atoms with van der Waals surface area (Å²) in [6.45, 7) is 7.58. The maximum atomic E-state index is 11.5. The number of aryl methyl sites for hydroxylation is 1. The Morgan fingerprint density at radius 3 is 2.62 bits per heavy atom. The van der Waals surface area contributed by atoms with E-state index >= 15 is 0 Å². The van der Waals surface area contributed by atoms with Crippen LogP contribution in [0.25, 0.3) is 10.9 Å². The van der Waals surface area contributed by atoms with Gasteiger partial charge in [-0.2, -0.15) is 4.98 Å². The van der Waals surface area contributed by atoms with Gasteiger partial charge in [-0.05, 0) is 39.0 Å². The molecule has 2 aromatic rings. The molecule has 0 aliphatic heterocycles. The first-order chi connectivity index (χ1) is 11.3. The molecule has 0 saturated heterocycles. The topological polar surface area (TPSA) is 70.5 Å². The van der Waals surface area contributed by atoms with Crippen molar-refractivity contribution in [3.63, 3.8) is 0 Å². The van der Waals surface area contributed by atoms with Crippen LogP contribution in [-0.2, 0) is 15.9 Å². The van der Waals surface area contributed by atoms with E-state index < -0.39 is 11.8 Å². The molecule has 1 heterocycles. The lowest BCUT2D eigenvalue weighted by Crippen LogP contribution is -2.25. The molecular weight excluding hydrogens is 376 g/mol. The van der Waals surface area contributed by atoms with Gasteiger partial charge >= 0.3 is 6.16 Å². The summed E-state index contributed by atoms with van der Waals surface area (Å²) in [4.78, 5) is 20.4. The van der Waals surface area contributed by atoms with Crippen molar-refractivity contribution in [3.8, 4) is 5.88 Å². The molecule has 0 bridgehead atoms. The van der Waals surface area contributed by atoms with Gasteiger partial charge in [-0.1, -0.05) is 22.9 Å². The third kappa shape index (κ3) is 5.33. The number of rotatable bonds is 5. The first kappa shape index (κ1) is 18.4. The van der Waals surface area contributed by atoms with Crippen LogP contribution in [0.4, 0.5) is 4.79 Å². The van der Waals surface area contributed by atoms with Crippen LogP contribution in [0, 0.1) is 0 Å². The van der Waals surface area contributed by atoms with Crippen molar-refractivity contribution in [2.24, 2.45) is 0 Å². The minimum atomic E-state index is -0.712. The smallest absolute Gasteiger partial charge is 0.474 e. The van der Waals surface area contributed by atoms with Gasteiger partial charge in [-0.25, -0.2) is 9.78 Å². The maximum Gasteiger partial charge on any atom is 0.508 e. The number of halogens is 1. The number of nitrogens with zero attached hydrogens (tertiary/aromatic N) is 2. The molecule has 0 saturated carbocycles. The van der Waals surface area contributed by atoms with Crippen LogP contribution >= 0.6 is 15.9 Å². The zero-order valence-electron chi connectivity index (χ0n) is 14.3. The van der Waals surface area contributed by atoms with E-state index in [0.29, 0.717) is 18.1 Å². The Labute approximate surface area is 149 Å². The minimum Gasteiger partial charge on any atom is -0.474 e. The Morgan fingerprint density at radius 2 is 1.96 bits per heavy atom. The van der Waals surface area contributed by atoms with Crippen molar-refractivity contribution in [3.05, 3.63) is 28.5 Å². The average molecular weight is 397 g/mol. The summed E-state index contributed by atoms with van der Waals surface area (Å²) in [6, 6.07) is 5.73. The highest BCUT2D eigenvalue weighted by Crippen LogP contribution is 2.26. The Morgan fingerprint density at radius 1 is 1.21 bits per heavy atom. The molecule has 0 spiro atoms. The lowest BCUT2D eigenvalue weighted by atomic mass is 10.2.